The first kappa shape index (κ1) is 14.8. The van der Waals surface area contributed by atoms with Gasteiger partial charge in [0.2, 0.25) is 5.91 Å². The van der Waals surface area contributed by atoms with E-state index in [4.69, 9.17) is 10.2 Å². The van der Waals surface area contributed by atoms with Crippen LogP contribution in [0.4, 0.5) is 0 Å². The monoisotopic (exact) mass is 275 g/mol. The van der Waals surface area contributed by atoms with Crippen molar-refractivity contribution >= 4 is 29.6 Å². The molecule has 1 aliphatic rings. The smallest absolute Gasteiger partial charge is 0.323 e. The molecule has 18 heavy (non-hydrogen) atoms. The van der Waals surface area contributed by atoms with Gasteiger partial charge in [-0.3, -0.25) is 14.4 Å². The Kier molecular flexibility index (Phi) is 5.97. The first-order valence-corrected chi connectivity index (χ1v) is 6.93. The number of carboxylic acids is 2. The van der Waals surface area contributed by atoms with Crippen LogP contribution in [0.2, 0.25) is 0 Å². The minimum atomic E-state index is -1.19. The number of rotatable bonds is 6. The highest BCUT2D eigenvalue weighted by Crippen LogP contribution is 2.25. The molecule has 0 radical (unpaired) electrons. The minimum Gasteiger partial charge on any atom is -0.480 e. The maximum Gasteiger partial charge on any atom is 0.323 e. The topological polar surface area (TPSA) is 94.9 Å². The summed E-state index contributed by atoms with van der Waals surface area (Å²) in [7, 11) is 0. The van der Waals surface area contributed by atoms with Crippen molar-refractivity contribution < 1.29 is 24.6 Å². The van der Waals surface area contributed by atoms with Crippen LogP contribution in [0.15, 0.2) is 0 Å². The number of thioether (sulfide) groups is 1. The van der Waals surface area contributed by atoms with Gasteiger partial charge in [0.05, 0.1) is 0 Å². The molecule has 0 aliphatic carbocycles. The zero-order valence-electron chi connectivity index (χ0n) is 10.0. The van der Waals surface area contributed by atoms with Crippen molar-refractivity contribution in [3.05, 3.63) is 0 Å². The molecule has 1 saturated heterocycles. The number of nitrogens with zero attached hydrogens (tertiary/aromatic N) is 1. The third-order valence-corrected chi connectivity index (χ3v) is 3.86. The molecule has 102 valence electrons. The third kappa shape index (κ3) is 5.39. The van der Waals surface area contributed by atoms with Gasteiger partial charge in [0.15, 0.2) is 0 Å². The van der Waals surface area contributed by atoms with Crippen LogP contribution < -0.4 is 0 Å². The molecule has 0 aromatic rings. The summed E-state index contributed by atoms with van der Waals surface area (Å²) in [6, 6.07) is 0. The molecule has 1 rings (SSSR count). The maximum atomic E-state index is 11.9. The Morgan fingerprint density at radius 1 is 1.06 bits per heavy atom. The van der Waals surface area contributed by atoms with E-state index in [1.807, 2.05) is 11.8 Å². The summed E-state index contributed by atoms with van der Waals surface area (Å²) < 4.78 is 0. The number of carbonyl (C=O) groups is 3. The van der Waals surface area contributed by atoms with Gasteiger partial charge in [0.1, 0.15) is 13.1 Å². The first-order valence-electron chi connectivity index (χ1n) is 5.78. The number of carbonyl (C=O) groups excluding carboxylic acids is 1. The Morgan fingerprint density at radius 3 is 2.00 bits per heavy atom. The zero-order chi connectivity index (χ0) is 13.5. The number of aliphatic carboxylic acids is 2. The standard InChI is InChI=1S/C11H17NO5S/c13-9(5-8-1-3-18-4-2-8)12(6-10(14)15)7-11(16)17/h8H,1-7H2,(H,14,15)(H,16,17). The van der Waals surface area contributed by atoms with Crippen molar-refractivity contribution in [2.24, 2.45) is 5.92 Å². The molecule has 1 aliphatic heterocycles. The number of amides is 1. The average Bonchev–Trinajstić information content (AvgIpc) is 2.28. The second kappa shape index (κ2) is 7.25. The lowest BCUT2D eigenvalue weighted by atomic mass is 9.98. The molecule has 0 unspecified atom stereocenters. The fraction of sp³-hybridized carbons (Fsp3) is 0.727. The van der Waals surface area contributed by atoms with Crippen LogP contribution in [0.5, 0.6) is 0 Å². The van der Waals surface area contributed by atoms with Gasteiger partial charge in [0.25, 0.3) is 0 Å². The van der Waals surface area contributed by atoms with E-state index in [1.54, 1.807) is 0 Å². The molecule has 0 bridgehead atoms. The summed E-state index contributed by atoms with van der Waals surface area (Å²) in [5.74, 6) is -0.487. The fourth-order valence-corrected chi connectivity index (χ4v) is 3.09. The molecule has 1 fully saturated rings. The van der Waals surface area contributed by atoms with Crippen LogP contribution in [0.3, 0.4) is 0 Å². The molecule has 0 aromatic carbocycles. The van der Waals surface area contributed by atoms with Crippen LogP contribution in [0, 0.1) is 5.92 Å². The molecule has 0 spiro atoms. The fourth-order valence-electron chi connectivity index (χ4n) is 1.89. The van der Waals surface area contributed by atoms with Gasteiger partial charge >= 0.3 is 11.9 Å². The first-order chi connectivity index (χ1) is 8.49. The van der Waals surface area contributed by atoms with Crippen molar-refractivity contribution in [3.63, 3.8) is 0 Å². The highest BCUT2D eigenvalue weighted by molar-refractivity contribution is 7.99. The molecular weight excluding hydrogens is 258 g/mol. The van der Waals surface area contributed by atoms with Crippen molar-refractivity contribution in [1.82, 2.24) is 4.90 Å². The Bertz CT molecular complexity index is 311. The van der Waals surface area contributed by atoms with Gasteiger partial charge in [-0.25, -0.2) is 0 Å². The second-order valence-corrected chi connectivity index (χ2v) is 5.52. The Morgan fingerprint density at radius 2 is 1.56 bits per heavy atom. The summed E-state index contributed by atoms with van der Waals surface area (Å²) in [6.45, 7) is -1.10. The molecule has 7 heteroatoms. The van der Waals surface area contributed by atoms with Crippen molar-refractivity contribution in [3.8, 4) is 0 Å². The van der Waals surface area contributed by atoms with E-state index < -0.39 is 25.0 Å². The van der Waals surface area contributed by atoms with Gasteiger partial charge in [-0.15, -0.1) is 0 Å². The van der Waals surface area contributed by atoms with E-state index in [-0.39, 0.29) is 18.2 Å². The van der Waals surface area contributed by atoms with Gasteiger partial charge in [-0.2, -0.15) is 11.8 Å². The Hall–Kier alpha value is -1.24. The summed E-state index contributed by atoms with van der Waals surface area (Å²) in [5, 5.41) is 17.3. The quantitative estimate of drug-likeness (QED) is 0.733. The molecule has 0 atom stereocenters. The molecule has 2 N–H and O–H groups in total. The van der Waals surface area contributed by atoms with Gasteiger partial charge < -0.3 is 15.1 Å². The van der Waals surface area contributed by atoms with Crippen molar-refractivity contribution in [1.29, 1.82) is 0 Å². The predicted molar refractivity (Wildman–Crippen MR) is 66.5 cm³/mol. The van der Waals surface area contributed by atoms with E-state index in [0.717, 1.165) is 29.2 Å². The zero-order valence-corrected chi connectivity index (χ0v) is 10.8. The number of hydrogen-bond acceptors (Lipinski definition) is 4. The second-order valence-electron chi connectivity index (χ2n) is 4.30. The summed E-state index contributed by atoms with van der Waals surface area (Å²) in [6.07, 6.45) is 2.12. The van der Waals surface area contributed by atoms with Crippen molar-refractivity contribution in [2.45, 2.75) is 19.3 Å². The van der Waals surface area contributed by atoms with Gasteiger partial charge in [0, 0.05) is 6.42 Å². The maximum absolute atomic E-state index is 11.9. The molecule has 0 saturated carbocycles. The lowest BCUT2D eigenvalue weighted by Crippen LogP contribution is -2.40. The summed E-state index contributed by atoms with van der Waals surface area (Å²) in [4.78, 5) is 34.0. The van der Waals surface area contributed by atoms with Crippen LogP contribution in [0.1, 0.15) is 19.3 Å². The van der Waals surface area contributed by atoms with Crippen LogP contribution in [-0.4, -0.2) is 57.6 Å². The lowest BCUT2D eigenvalue weighted by Gasteiger charge is -2.24. The SMILES string of the molecule is O=C(O)CN(CC(=O)O)C(=O)CC1CCSCC1. The van der Waals surface area contributed by atoms with Crippen molar-refractivity contribution in [2.75, 3.05) is 24.6 Å². The van der Waals surface area contributed by atoms with Gasteiger partial charge in [-0.1, -0.05) is 0 Å². The highest BCUT2D eigenvalue weighted by atomic mass is 32.2. The molecule has 0 aromatic heterocycles. The summed E-state index contributed by atoms with van der Waals surface area (Å²) >= 11 is 1.84. The molecule has 6 nitrogen and oxygen atoms in total. The lowest BCUT2D eigenvalue weighted by molar-refractivity contribution is -0.149. The van der Waals surface area contributed by atoms with E-state index in [9.17, 15) is 14.4 Å². The average molecular weight is 275 g/mol. The Labute approximate surface area is 109 Å². The Balaban J connectivity index is 2.51. The van der Waals surface area contributed by atoms with Crippen LogP contribution >= 0.6 is 11.8 Å². The molecule has 1 heterocycles. The van der Waals surface area contributed by atoms with E-state index >= 15 is 0 Å². The third-order valence-electron chi connectivity index (χ3n) is 2.81. The van der Waals surface area contributed by atoms with E-state index in [0.29, 0.717) is 0 Å². The predicted octanol–water partition coefficient (Wildman–Crippen LogP) is 0.517. The minimum absolute atomic E-state index is 0.251. The summed E-state index contributed by atoms with van der Waals surface area (Å²) in [5.41, 5.74) is 0. The van der Waals surface area contributed by atoms with E-state index in [1.165, 1.54) is 0 Å². The molecule has 1 amide bonds. The van der Waals surface area contributed by atoms with Crippen LogP contribution in [-0.2, 0) is 14.4 Å². The van der Waals surface area contributed by atoms with E-state index in [2.05, 4.69) is 0 Å². The highest BCUT2D eigenvalue weighted by Gasteiger charge is 2.24. The normalized spacial score (nSPS) is 16.2. The van der Waals surface area contributed by atoms with Gasteiger partial charge in [-0.05, 0) is 30.3 Å². The number of hydrogen-bond donors (Lipinski definition) is 2. The van der Waals surface area contributed by atoms with Crippen LogP contribution in [0.25, 0.3) is 0 Å². The number of carboxylic acid groups (broad SMARTS) is 2. The molecular formula is C11H17NO5S. The largest absolute Gasteiger partial charge is 0.480 e.